The number of aliphatic hydroxyl groups excluding tert-OH is 1. The van der Waals surface area contributed by atoms with Crippen LogP contribution in [0.1, 0.15) is 47.5 Å². The molecule has 5 nitrogen and oxygen atoms in total. The minimum absolute atomic E-state index is 0.212. The molecule has 0 aromatic carbocycles. The lowest BCUT2D eigenvalue weighted by Crippen LogP contribution is -2.20. The van der Waals surface area contributed by atoms with Crippen LogP contribution in [0.3, 0.4) is 0 Å². The monoisotopic (exact) mass is 280 g/mol. The van der Waals surface area contributed by atoms with Gasteiger partial charge in [-0.05, 0) is 34.1 Å². The highest BCUT2D eigenvalue weighted by atomic mass is 31.2. The maximum absolute atomic E-state index is 12.8. The molecular formula is C12H25O5P. The van der Waals surface area contributed by atoms with Gasteiger partial charge in [0.1, 0.15) is 0 Å². The van der Waals surface area contributed by atoms with Gasteiger partial charge >= 0.3 is 7.60 Å². The fraction of sp³-hybridized carbons (Fsp3) is 1.00. The van der Waals surface area contributed by atoms with Crippen LogP contribution in [0.15, 0.2) is 0 Å². The molecule has 0 saturated carbocycles. The van der Waals surface area contributed by atoms with E-state index in [0.29, 0.717) is 12.8 Å². The summed E-state index contributed by atoms with van der Waals surface area (Å²) < 4.78 is 29.3. The van der Waals surface area contributed by atoms with Crippen molar-refractivity contribution >= 4 is 7.60 Å². The Hall–Kier alpha value is 0.0700. The zero-order valence-electron chi connectivity index (χ0n) is 11.8. The van der Waals surface area contributed by atoms with Crippen molar-refractivity contribution in [2.45, 2.75) is 77.7 Å². The second-order valence-corrected chi connectivity index (χ2v) is 7.27. The summed E-state index contributed by atoms with van der Waals surface area (Å²) >= 11 is 0. The Morgan fingerprint density at radius 1 is 1.28 bits per heavy atom. The molecule has 1 saturated heterocycles. The molecule has 0 spiro atoms. The number of ether oxygens (including phenoxy) is 1. The second-order valence-electron chi connectivity index (χ2n) is 5.19. The fourth-order valence-electron chi connectivity index (χ4n) is 2.03. The van der Waals surface area contributed by atoms with Crippen LogP contribution in [0.25, 0.3) is 0 Å². The van der Waals surface area contributed by atoms with E-state index in [-0.39, 0.29) is 18.3 Å². The van der Waals surface area contributed by atoms with E-state index in [2.05, 4.69) is 0 Å². The van der Waals surface area contributed by atoms with E-state index < -0.39 is 19.5 Å². The Morgan fingerprint density at radius 3 is 2.11 bits per heavy atom. The topological polar surface area (TPSA) is 65.0 Å². The molecular weight excluding hydrogens is 255 g/mol. The summed E-state index contributed by atoms with van der Waals surface area (Å²) in [5.41, 5.74) is 0. The van der Waals surface area contributed by atoms with Gasteiger partial charge in [0.25, 0.3) is 0 Å². The average Bonchev–Trinajstić information content (AvgIpc) is 2.57. The summed E-state index contributed by atoms with van der Waals surface area (Å²) in [6.45, 7) is 9.14. The molecule has 108 valence electrons. The lowest BCUT2D eigenvalue weighted by Gasteiger charge is -2.27. The fourth-order valence-corrected chi connectivity index (χ4v) is 4.30. The standard InChI is InChI=1S/C12H25O5P/c1-6-11-10(13)7-12(15-11)18(14,16-8(2)3)17-9(4)5/h8-13H,6-7H2,1-5H3/t10-,11-,12+/m1/s1. The van der Waals surface area contributed by atoms with Gasteiger partial charge in [-0.25, -0.2) is 0 Å². The Balaban J connectivity index is 2.81. The summed E-state index contributed by atoms with van der Waals surface area (Å²) in [6.07, 6.45) is -0.322. The van der Waals surface area contributed by atoms with Crippen LogP contribution >= 0.6 is 7.60 Å². The summed E-state index contributed by atoms with van der Waals surface area (Å²) in [4.78, 5) is 0. The van der Waals surface area contributed by atoms with Crippen molar-refractivity contribution in [1.82, 2.24) is 0 Å². The molecule has 1 aliphatic heterocycles. The largest absolute Gasteiger partial charge is 0.390 e. The molecule has 0 bridgehead atoms. The zero-order chi connectivity index (χ0) is 13.9. The highest BCUT2D eigenvalue weighted by molar-refractivity contribution is 7.54. The Kier molecular flexibility index (Phi) is 5.81. The van der Waals surface area contributed by atoms with E-state index in [1.54, 1.807) is 27.7 Å². The number of aliphatic hydroxyl groups is 1. The smallest absolute Gasteiger partial charge is 0.359 e. The van der Waals surface area contributed by atoms with E-state index in [9.17, 15) is 9.67 Å². The molecule has 0 aliphatic carbocycles. The minimum Gasteiger partial charge on any atom is -0.390 e. The summed E-state index contributed by atoms with van der Waals surface area (Å²) in [5, 5.41) is 9.83. The maximum Gasteiger partial charge on any atom is 0.359 e. The quantitative estimate of drug-likeness (QED) is 0.758. The third kappa shape index (κ3) is 4.04. The third-order valence-corrected chi connectivity index (χ3v) is 5.14. The first kappa shape index (κ1) is 16.1. The first-order valence-electron chi connectivity index (χ1n) is 6.58. The highest BCUT2D eigenvalue weighted by Crippen LogP contribution is 2.59. The lowest BCUT2D eigenvalue weighted by atomic mass is 10.1. The summed E-state index contributed by atoms with van der Waals surface area (Å²) in [6, 6.07) is 0. The molecule has 1 aliphatic rings. The molecule has 0 unspecified atom stereocenters. The van der Waals surface area contributed by atoms with Gasteiger partial charge in [-0.3, -0.25) is 4.57 Å². The van der Waals surface area contributed by atoms with Gasteiger partial charge in [0, 0.05) is 6.42 Å². The van der Waals surface area contributed by atoms with E-state index >= 15 is 0 Å². The van der Waals surface area contributed by atoms with Gasteiger partial charge in [0.05, 0.1) is 24.4 Å². The maximum atomic E-state index is 12.8. The molecule has 3 atom stereocenters. The van der Waals surface area contributed by atoms with Crippen LogP contribution in [-0.4, -0.2) is 35.4 Å². The van der Waals surface area contributed by atoms with Crippen molar-refractivity contribution in [3.8, 4) is 0 Å². The Labute approximate surface area is 109 Å². The molecule has 1 heterocycles. The Bertz CT molecular complexity index is 291. The van der Waals surface area contributed by atoms with Gasteiger partial charge in [-0.15, -0.1) is 0 Å². The minimum atomic E-state index is -3.35. The second kappa shape index (κ2) is 6.49. The van der Waals surface area contributed by atoms with E-state index in [4.69, 9.17) is 13.8 Å². The van der Waals surface area contributed by atoms with E-state index in [1.165, 1.54) is 0 Å². The average molecular weight is 280 g/mol. The van der Waals surface area contributed by atoms with E-state index in [1.807, 2.05) is 6.92 Å². The molecule has 0 amide bonds. The van der Waals surface area contributed by atoms with Crippen molar-refractivity contribution in [3.63, 3.8) is 0 Å². The normalized spacial score (nSPS) is 29.4. The van der Waals surface area contributed by atoms with Gasteiger partial charge in [0.15, 0.2) is 5.85 Å². The third-order valence-electron chi connectivity index (χ3n) is 2.67. The van der Waals surface area contributed by atoms with Gasteiger partial charge in [0.2, 0.25) is 0 Å². The summed E-state index contributed by atoms with van der Waals surface area (Å²) in [5.74, 6) is -0.665. The molecule has 0 radical (unpaired) electrons. The van der Waals surface area contributed by atoms with Crippen LogP contribution in [-0.2, 0) is 18.3 Å². The molecule has 1 N–H and O–H groups in total. The van der Waals surface area contributed by atoms with E-state index in [0.717, 1.165) is 0 Å². The first-order valence-corrected chi connectivity index (χ1v) is 8.19. The predicted octanol–water partition coefficient (Wildman–Crippen LogP) is 2.92. The molecule has 18 heavy (non-hydrogen) atoms. The van der Waals surface area contributed by atoms with Gasteiger partial charge < -0.3 is 18.9 Å². The van der Waals surface area contributed by atoms with Crippen molar-refractivity contribution in [1.29, 1.82) is 0 Å². The number of hydrogen-bond donors (Lipinski definition) is 1. The SMILES string of the molecule is CC[C@H]1O[C@@H](P(=O)(OC(C)C)OC(C)C)C[C@H]1O. The zero-order valence-corrected chi connectivity index (χ0v) is 12.7. The van der Waals surface area contributed by atoms with Crippen LogP contribution < -0.4 is 0 Å². The highest BCUT2D eigenvalue weighted by Gasteiger charge is 2.47. The summed E-state index contributed by atoms with van der Waals surface area (Å²) in [7, 11) is -3.35. The molecule has 6 heteroatoms. The van der Waals surface area contributed by atoms with Crippen LogP contribution in [0, 0.1) is 0 Å². The van der Waals surface area contributed by atoms with Crippen LogP contribution in [0.4, 0.5) is 0 Å². The number of rotatable bonds is 6. The van der Waals surface area contributed by atoms with Gasteiger partial charge in [-0.1, -0.05) is 6.92 Å². The van der Waals surface area contributed by atoms with Crippen LogP contribution in [0.5, 0.6) is 0 Å². The van der Waals surface area contributed by atoms with Crippen molar-refractivity contribution in [2.24, 2.45) is 0 Å². The van der Waals surface area contributed by atoms with Crippen molar-refractivity contribution < 1.29 is 23.5 Å². The first-order chi connectivity index (χ1) is 8.28. The Morgan fingerprint density at radius 2 is 1.78 bits per heavy atom. The molecule has 0 aromatic rings. The molecule has 1 rings (SSSR count). The molecule has 0 aromatic heterocycles. The van der Waals surface area contributed by atoms with Gasteiger partial charge in [-0.2, -0.15) is 0 Å². The number of hydrogen-bond acceptors (Lipinski definition) is 5. The van der Waals surface area contributed by atoms with Crippen LogP contribution in [0.2, 0.25) is 0 Å². The lowest BCUT2D eigenvalue weighted by molar-refractivity contribution is 0.0149. The van der Waals surface area contributed by atoms with Crippen molar-refractivity contribution in [3.05, 3.63) is 0 Å². The predicted molar refractivity (Wildman–Crippen MR) is 69.6 cm³/mol. The molecule has 1 fully saturated rings. The van der Waals surface area contributed by atoms with Crippen molar-refractivity contribution in [2.75, 3.05) is 0 Å².